The number of hydrogen-bond donors (Lipinski definition) is 2. The summed E-state index contributed by atoms with van der Waals surface area (Å²) in [5.74, 6) is -3.50. The standard InChI is InChI=1S/C27H43N3O7/c1-5-9-29(11-10-28-12-14-36-15-13-28)24(33)22-27-8-7-26(6-2,37-27)21(25(34)35)20(27)23(32)30(22)19(17-31)16-18(3)4/h5,18-22,31H,1,6-17H2,2-4H3,(H,34,35)/t19-,20+,21-,22?,26+,27?/m1/s1. The number of aliphatic hydroxyl groups is 1. The molecule has 4 aliphatic heterocycles. The van der Waals surface area contributed by atoms with Crippen LogP contribution in [0.15, 0.2) is 12.7 Å². The summed E-state index contributed by atoms with van der Waals surface area (Å²) >= 11 is 0. The zero-order valence-corrected chi connectivity index (χ0v) is 22.4. The van der Waals surface area contributed by atoms with E-state index in [-0.39, 0.29) is 24.3 Å². The van der Waals surface area contributed by atoms with Crippen LogP contribution in [0.2, 0.25) is 0 Å². The molecule has 37 heavy (non-hydrogen) atoms. The van der Waals surface area contributed by atoms with Crippen LogP contribution >= 0.6 is 0 Å². The lowest BCUT2D eigenvalue weighted by Crippen LogP contribution is -2.59. The van der Waals surface area contributed by atoms with E-state index in [1.807, 2.05) is 20.8 Å². The lowest BCUT2D eigenvalue weighted by atomic mass is 9.65. The first-order valence-electron chi connectivity index (χ1n) is 13.7. The largest absolute Gasteiger partial charge is 0.481 e. The summed E-state index contributed by atoms with van der Waals surface area (Å²) in [5, 5.41) is 20.6. The van der Waals surface area contributed by atoms with Crippen LogP contribution in [0.25, 0.3) is 0 Å². The van der Waals surface area contributed by atoms with Crippen molar-refractivity contribution in [3.8, 4) is 0 Å². The number of amides is 2. The van der Waals surface area contributed by atoms with Gasteiger partial charge < -0.3 is 29.5 Å². The first-order chi connectivity index (χ1) is 17.7. The fourth-order valence-corrected chi connectivity index (χ4v) is 7.23. The van der Waals surface area contributed by atoms with E-state index in [1.165, 1.54) is 4.90 Å². The minimum atomic E-state index is -1.21. The molecular formula is C27H43N3O7. The SMILES string of the molecule is C=CCN(CCN1CCOCC1)C(=O)C1N([C@@H](CO)CC(C)C)C(=O)[C@@H]2[C@H](C(=O)O)[C@]3(CC)CCC12O3. The third kappa shape index (κ3) is 4.70. The number of morpholine rings is 1. The number of carbonyl (C=O) groups is 3. The number of carboxylic acid groups (broad SMARTS) is 1. The highest BCUT2D eigenvalue weighted by Gasteiger charge is 2.79. The van der Waals surface area contributed by atoms with E-state index in [9.17, 15) is 24.6 Å². The zero-order chi connectivity index (χ0) is 27.0. The molecule has 0 aliphatic carbocycles. The molecule has 0 saturated carbocycles. The van der Waals surface area contributed by atoms with Gasteiger partial charge in [-0.3, -0.25) is 19.3 Å². The second-order valence-corrected chi connectivity index (χ2v) is 11.4. The maximum Gasteiger partial charge on any atom is 0.310 e. The second kappa shape index (κ2) is 11.0. The predicted octanol–water partition coefficient (Wildman–Crippen LogP) is 0.980. The molecule has 6 atom stereocenters. The molecule has 4 aliphatic rings. The Bertz CT molecular complexity index is 891. The van der Waals surface area contributed by atoms with Crippen LogP contribution in [0.5, 0.6) is 0 Å². The number of likely N-dealkylation sites (tertiary alicyclic amines) is 1. The highest BCUT2D eigenvalue weighted by atomic mass is 16.5. The number of aliphatic carboxylic acids is 1. The molecule has 4 heterocycles. The normalized spacial score (nSPS) is 34.1. The van der Waals surface area contributed by atoms with Gasteiger partial charge in [-0.15, -0.1) is 6.58 Å². The number of hydrogen-bond acceptors (Lipinski definition) is 7. The average molecular weight is 522 g/mol. The van der Waals surface area contributed by atoms with E-state index in [2.05, 4.69) is 11.5 Å². The molecule has 0 radical (unpaired) electrons. The molecule has 4 rings (SSSR count). The Hall–Kier alpha value is -2.01. The molecule has 10 nitrogen and oxygen atoms in total. The summed E-state index contributed by atoms with van der Waals surface area (Å²) in [6.07, 6.45) is 3.57. The molecular weight excluding hydrogens is 478 g/mol. The van der Waals surface area contributed by atoms with Gasteiger partial charge in [-0.1, -0.05) is 26.8 Å². The van der Waals surface area contributed by atoms with E-state index in [4.69, 9.17) is 9.47 Å². The van der Waals surface area contributed by atoms with E-state index >= 15 is 0 Å². The van der Waals surface area contributed by atoms with Crippen molar-refractivity contribution in [1.29, 1.82) is 0 Å². The van der Waals surface area contributed by atoms with Crippen LogP contribution in [-0.2, 0) is 23.9 Å². The van der Waals surface area contributed by atoms with Gasteiger partial charge in [0.05, 0.1) is 37.4 Å². The van der Waals surface area contributed by atoms with Gasteiger partial charge >= 0.3 is 5.97 Å². The van der Waals surface area contributed by atoms with E-state index in [1.54, 1.807) is 11.0 Å². The second-order valence-electron chi connectivity index (χ2n) is 11.4. The van der Waals surface area contributed by atoms with Crippen molar-refractivity contribution in [2.75, 3.05) is 52.5 Å². The topological polar surface area (TPSA) is 120 Å². The van der Waals surface area contributed by atoms with Crippen LogP contribution in [0.1, 0.15) is 46.5 Å². The van der Waals surface area contributed by atoms with Gasteiger partial charge in [0.25, 0.3) is 0 Å². The monoisotopic (exact) mass is 521 g/mol. The number of aliphatic hydroxyl groups excluding tert-OH is 1. The fourth-order valence-electron chi connectivity index (χ4n) is 7.23. The first-order valence-corrected chi connectivity index (χ1v) is 13.7. The van der Waals surface area contributed by atoms with Crippen molar-refractivity contribution >= 4 is 17.8 Å². The molecule has 0 aromatic rings. The summed E-state index contributed by atoms with van der Waals surface area (Å²) in [4.78, 5) is 46.5. The fraction of sp³-hybridized carbons (Fsp3) is 0.815. The number of rotatable bonds is 12. The van der Waals surface area contributed by atoms with Crippen LogP contribution in [0.4, 0.5) is 0 Å². The molecule has 0 aromatic heterocycles. The summed E-state index contributed by atoms with van der Waals surface area (Å²) in [5.41, 5.74) is -2.17. The number of nitrogens with zero attached hydrogens (tertiary/aromatic N) is 3. The molecule has 2 N–H and O–H groups in total. The molecule has 2 amide bonds. The Labute approximate surface area is 219 Å². The van der Waals surface area contributed by atoms with E-state index in [0.717, 1.165) is 13.1 Å². The Morgan fingerprint density at radius 2 is 1.97 bits per heavy atom. The summed E-state index contributed by atoms with van der Waals surface area (Å²) in [6.45, 7) is 13.7. The Morgan fingerprint density at radius 3 is 2.54 bits per heavy atom. The number of carboxylic acids is 1. The maximum absolute atomic E-state index is 14.4. The third-order valence-electron chi connectivity index (χ3n) is 8.92. The van der Waals surface area contributed by atoms with Gasteiger partial charge in [0.1, 0.15) is 17.6 Å². The van der Waals surface area contributed by atoms with Crippen molar-refractivity contribution < 1.29 is 34.1 Å². The van der Waals surface area contributed by atoms with Gasteiger partial charge in [-0.25, -0.2) is 0 Å². The van der Waals surface area contributed by atoms with Crippen molar-refractivity contribution in [3.05, 3.63) is 12.7 Å². The van der Waals surface area contributed by atoms with E-state index in [0.29, 0.717) is 58.5 Å². The molecule has 2 bridgehead atoms. The summed E-state index contributed by atoms with van der Waals surface area (Å²) in [7, 11) is 0. The quantitative estimate of drug-likeness (QED) is 0.365. The molecule has 208 valence electrons. The summed E-state index contributed by atoms with van der Waals surface area (Å²) < 4.78 is 12.1. The lowest BCUT2D eigenvalue weighted by molar-refractivity contribution is -0.160. The average Bonchev–Trinajstić information content (AvgIpc) is 3.49. The predicted molar refractivity (Wildman–Crippen MR) is 136 cm³/mol. The van der Waals surface area contributed by atoms with Crippen LogP contribution in [0.3, 0.4) is 0 Å². The lowest BCUT2D eigenvalue weighted by Gasteiger charge is -2.40. The Morgan fingerprint density at radius 1 is 1.27 bits per heavy atom. The molecule has 4 saturated heterocycles. The number of fused-ring (bicyclic) bond motifs is 1. The van der Waals surface area contributed by atoms with Crippen LogP contribution in [-0.4, -0.2) is 119 Å². The van der Waals surface area contributed by atoms with Crippen molar-refractivity contribution in [2.24, 2.45) is 17.8 Å². The molecule has 4 fully saturated rings. The highest BCUT2D eigenvalue weighted by molar-refractivity contribution is 5.98. The van der Waals surface area contributed by atoms with Crippen molar-refractivity contribution in [1.82, 2.24) is 14.7 Å². The molecule has 1 spiro atoms. The molecule has 2 unspecified atom stereocenters. The number of ether oxygens (including phenoxy) is 2. The molecule has 10 heteroatoms. The van der Waals surface area contributed by atoms with Gasteiger partial charge in [0.2, 0.25) is 11.8 Å². The van der Waals surface area contributed by atoms with Crippen molar-refractivity contribution in [2.45, 2.75) is 69.7 Å². The third-order valence-corrected chi connectivity index (χ3v) is 8.92. The highest BCUT2D eigenvalue weighted by Crippen LogP contribution is 2.64. The van der Waals surface area contributed by atoms with E-state index < -0.39 is 41.1 Å². The van der Waals surface area contributed by atoms with Crippen molar-refractivity contribution in [3.63, 3.8) is 0 Å². The maximum atomic E-state index is 14.4. The molecule has 0 aromatic carbocycles. The summed E-state index contributed by atoms with van der Waals surface area (Å²) in [6, 6.07) is -1.58. The van der Waals surface area contributed by atoms with Gasteiger partial charge in [-0.2, -0.15) is 0 Å². The Balaban J connectivity index is 1.72. The minimum Gasteiger partial charge on any atom is -0.481 e. The Kier molecular flexibility index (Phi) is 8.33. The van der Waals surface area contributed by atoms with Gasteiger partial charge in [0.15, 0.2) is 0 Å². The van der Waals surface area contributed by atoms with Gasteiger partial charge in [0, 0.05) is 32.7 Å². The number of carbonyl (C=O) groups excluding carboxylic acids is 2. The minimum absolute atomic E-state index is 0.166. The smallest absolute Gasteiger partial charge is 0.310 e. The first kappa shape index (κ1) is 28.0. The zero-order valence-electron chi connectivity index (χ0n) is 22.4. The van der Waals surface area contributed by atoms with Crippen LogP contribution < -0.4 is 0 Å². The van der Waals surface area contributed by atoms with Gasteiger partial charge in [-0.05, 0) is 31.6 Å². The van der Waals surface area contributed by atoms with Crippen LogP contribution in [0, 0.1) is 17.8 Å².